The van der Waals surface area contributed by atoms with Gasteiger partial charge >= 0.3 is 0 Å². The Morgan fingerprint density at radius 3 is 2.70 bits per heavy atom. The number of halogens is 3. The maximum atomic E-state index is 13.6. The zero-order valence-corrected chi connectivity index (χ0v) is 12.9. The van der Waals surface area contributed by atoms with E-state index in [9.17, 15) is 8.78 Å². The fourth-order valence-electron chi connectivity index (χ4n) is 3.18. The topological polar surface area (TPSA) is 9.23 Å². The average Bonchev–Trinajstić information content (AvgIpc) is 2.44. The predicted octanol–water partition coefficient (Wildman–Crippen LogP) is 5.18. The molecule has 20 heavy (non-hydrogen) atoms. The Balaban J connectivity index is 1.65. The molecule has 3 unspecified atom stereocenters. The molecular formula is C16H25ClF2O. The molecule has 0 heterocycles. The second-order valence-corrected chi connectivity index (χ2v) is 6.85. The first-order valence-corrected chi connectivity index (χ1v) is 8.27. The number of hydrogen-bond acceptors (Lipinski definition) is 1. The van der Waals surface area contributed by atoms with E-state index in [1.807, 2.05) is 0 Å². The van der Waals surface area contributed by atoms with Crippen LogP contribution >= 0.6 is 11.6 Å². The standard InChI is InChI=1S/C16H25ClF2O/c1-11-4-6-12(7-5-11)3-2-10-20-16-14(19)9-8-13(18)15(16)17/h9,11-13,15-16H,2-8,10H2,1H3. The van der Waals surface area contributed by atoms with Gasteiger partial charge in [-0.3, -0.25) is 0 Å². The summed E-state index contributed by atoms with van der Waals surface area (Å²) in [7, 11) is 0. The molecule has 1 saturated carbocycles. The van der Waals surface area contributed by atoms with Gasteiger partial charge in [0.15, 0.2) is 0 Å². The fourth-order valence-corrected chi connectivity index (χ4v) is 3.48. The van der Waals surface area contributed by atoms with Gasteiger partial charge in [-0.25, -0.2) is 8.78 Å². The van der Waals surface area contributed by atoms with E-state index in [2.05, 4.69) is 6.92 Å². The normalized spacial score (nSPS) is 38.6. The maximum Gasteiger partial charge on any atom is 0.128 e. The highest BCUT2D eigenvalue weighted by atomic mass is 35.5. The van der Waals surface area contributed by atoms with Crippen LogP contribution in [0, 0.1) is 11.8 Å². The maximum absolute atomic E-state index is 13.6. The highest BCUT2D eigenvalue weighted by Crippen LogP contribution is 2.32. The molecule has 2 aliphatic rings. The number of allylic oxidation sites excluding steroid dienone is 1. The van der Waals surface area contributed by atoms with Crippen LogP contribution in [0.25, 0.3) is 0 Å². The van der Waals surface area contributed by atoms with Gasteiger partial charge in [0.05, 0.1) is 5.38 Å². The molecular weight excluding hydrogens is 282 g/mol. The zero-order valence-electron chi connectivity index (χ0n) is 12.2. The van der Waals surface area contributed by atoms with Crippen LogP contribution in [0.15, 0.2) is 11.9 Å². The highest BCUT2D eigenvalue weighted by Gasteiger charge is 2.35. The lowest BCUT2D eigenvalue weighted by Gasteiger charge is -2.28. The van der Waals surface area contributed by atoms with Crippen LogP contribution < -0.4 is 0 Å². The summed E-state index contributed by atoms with van der Waals surface area (Å²) in [5.41, 5.74) is 0. The molecule has 4 heteroatoms. The molecule has 2 aliphatic carbocycles. The summed E-state index contributed by atoms with van der Waals surface area (Å²) in [4.78, 5) is 0. The van der Waals surface area contributed by atoms with Gasteiger partial charge in [0, 0.05) is 13.0 Å². The van der Waals surface area contributed by atoms with Gasteiger partial charge < -0.3 is 4.74 Å². The first kappa shape index (κ1) is 16.2. The van der Waals surface area contributed by atoms with Crippen molar-refractivity contribution in [3.63, 3.8) is 0 Å². The van der Waals surface area contributed by atoms with Crippen LogP contribution in [0.5, 0.6) is 0 Å². The third-order valence-corrected chi connectivity index (χ3v) is 5.14. The fraction of sp³-hybridized carbons (Fsp3) is 0.875. The molecule has 0 N–H and O–H groups in total. The van der Waals surface area contributed by atoms with Crippen molar-refractivity contribution in [3.05, 3.63) is 11.9 Å². The summed E-state index contributed by atoms with van der Waals surface area (Å²) in [6, 6.07) is 0. The van der Waals surface area contributed by atoms with E-state index >= 15 is 0 Å². The average molecular weight is 307 g/mol. The largest absolute Gasteiger partial charge is 0.369 e. The molecule has 0 aromatic rings. The third-order valence-electron chi connectivity index (χ3n) is 4.63. The molecule has 0 spiro atoms. The molecule has 0 saturated heterocycles. The second-order valence-electron chi connectivity index (χ2n) is 6.34. The molecule has 0 radical (unpaired) electrons. The summed E-state index contributed by atoms with van der Waals surface area (Å²) in [5.74, 6) is 1.23. The molecule has 0 amide bonds. The number of rotatable bonds is 5. The Morgan fingerprint density at radius 2 is 2.00 bits per heavy atom. The van der Waals surface area contributed by atoms with Crippen molar-refractivity contribution in [2.75, 3.05) is 6.61 Å². The third kappa shape index (κ3) is 4.42. The molecule has 3 atom stereocenters. The molecule has 1 nitrogen and oxygen atoms in total. The SMILES string of the molecule is CC1CCC(CCCOC2C(F)=CCC(F)C2Cl)CC1. The Labute approximate surface area is 125 Å². The summed E-state index contributed by atoms with van der Waals surface area (Å²) in [5, 5.41) is -0.893. The van der Waals surface area contributed by atoms with E-state index in [1.165, 1.54) is 31.8 Å². The van der Waals surface area contributed by atoms with Gasteiger partial charge in [0.25, 0.3) is 0 Å². The highest BCUT2D eigenvalue weighted by molar-refractivity contribution is 6.21. The van der Waals surface area contributed by atoms with E-state index in [-0.39, 0.29) is 6.42 Å². The lowest BCUT2D eigenvalue weighted by Crippen LogP contribution is -2.36. The minimum atomic E-state index is -1.21. The molecule has 2 rings (SSSR count). The van der Waals surface area contributed by atoms with Crippen molar-refractivity contribution in [1.82, 2.24) is 0 Å². The summed E-state index contributed by atoms with van der Waals surface area (Å²) in [6.45, 7) is 2.78. The lowest BCUT2D eigenvalue weighted by atomic mass is 9.81. The van der Waals surface area contributed by atoms with Crippen LogP contribution in [-0.4, -0.2) is 24.3 Å². The molecule has 0 aromatic heterocycles. The summed E-state index contributed by atoms with van der Waals surface area (Å²) in [6.07, 6.45) is 6.47. The quantitative estimate of drug-likeness (QED) is 0.502. The minimum absolute atomic E-state index is 0.0557. The number of ether oxygens (including phenoxy) is 1. The van der Waals surface area contributed by atoms with Crippen molar-refractivity contribution in [2.45, 2.75) is 69.5 Å². The van der Waals surface area contributed by atoms with Crippen molar-refractivity contribution in [2.24, 2.45) is 11.8 Å². The number of alkyl halides is 2. The zero-order chi connectivity index (χ0) is 14.5. The van der Waals surface area contributed by atoms with Crippen molar-refractivity contribution in [3.8, 4) is 0 Å². The number of hydrogen-bond donors (Lipinski definition) is 0. The molecule has 1 fully saturated rings. The smallest absolute Gasteiger partial charge is 0.128 e. The van der Waals surface area contributed by atoms with Crippen molar-refractivity contribution in [1.29, 1.82) is 0 Å². The van der Waals surface area contributed by atoms with Crippen LogP contribution in [0.2, 0.25) is 0 Å². The predicted molar refractivity (Wildman–Crippen MR) is 78.4 cm³/mol. The Bertz CT molecular complexity index is 326. The molecule has 0 aromatic carbocycles. The summed E-state index contributed by atoms with van der Waals surface area (Å²) < 4.78 is 32.5. The van der Waals surface area contributed by atoms with Crippen LogP contribution in [0.1, 0.15) is 51.9 Å². The Kier molecular flexibility index (Phi) is 6.28. The van der Waals surface area contributed by atoms with E-state index in [0.29, 0.717) is 6.61 Å². The van der Waals surface area contributed by atoms with Gasteiger partial charge in [-0.05, 0) is 30.8 Å². The van der Waals surface area contributed by atoms with Crippen molar-refractivity contribution >= 4 is 11.6 Å². The first-order valence-electron chi connectivity index (χ1n) is 7.83. The second kappa shape index (κ2) is 7.74. The first-order chi connectivity index (χ1) is 9.58. The molecule has 0 bridgehead atoms. The van der Waals surface area contributed by atoms with Crippen molar-refractivity contribution < 1.29 is 13.5 Å². The van der Waals surface area contributed by atoms with E-state index < -0.39 is 23.5 Å². The molecule has 0 aliphatic heterocycles. The Morgan fingerprint density at radius 1 is 1.30 bits per heavy atom. The summed E-state index contributed by atoms with van der Waals surface area (Å²) >= 11 is 5.89. The van der Waals surface area contributed by atoms with Gasteiger partial charge in [0.2, 0.25) is 0 Å². The van der Waals surface area contributed by atoms with Crippen LogP contribution in [0.4, 0.5) is 8.78 Å². The lowest BCUT2D eigenvalue weighted by molar-refractivity contribution is 0.0330. The van der Waals surface area contributed by atoms with E-state index in [0.717, 1.165) is 24.7 Å². The minimum Gasteiger partial charge on any atom is -0.369 e. The van der Waals surface area contributed by atoms with Gasteiger partial charge in [-0.15, -0.1) is 11.6 Å². The molecule has 116 valence electrons. The van der Waals surface area contributed by atoms with Crippen LogP contribution in [0.3, 0.4) is 0 Å². The Hall–Kier alpha value is -0.150. The van der Waals surface area contributed by atoms with Gasteiger partial charge in [-0.1, -0.05) is 32.6 Å². The van der Waals surface area contributed by atoms with Crippen LogP contribution in [-0.2, 0) is 4.74 Å². The van der Waals surface area contributed by atoms with E-state index in [4.69, 9.17) is 16.3 Å². The monoisotopic (exact) mass is 306 g/mol. The van der Waals surface area contributed by atoms with Gasteiger partial charge in [0.1, 0.15) is 18.1 Å². The van der Waals surface area contributed by atoms with Gasteiger partial charge in [-0.2, -0.15) is 0 Å². The van der Waals surface area contributed by atoms with E-state index in [1.54, 1.807) is 0 Å².